The number of rotatable bonds is 3. The van der Waals surface area contributed by atoms with Gasteiger partial charge in [-0.05, 0) is 32.6 Å². The topological polar surface area (TPSA) is 66.9 Å². The number of carbonyl (C=O) groups excluding carboxylic acids is 1. The van der Waals surface area contributed by atoms with Crippen molar-refractivity contribution in [3.05, 3.63) is 40.5 Å². The van der Waals surface area contributed by atoms with Crippen molar-refractivity contribution in [2.24, 2.45) is 5.92 Å². The molecule has 3 aliphatic heterocycles. The highest BCUT2D eigenvalue weighted by Gasteiger charge is 2.38. The lowest BCUT2D eigenvalue weighted by Crippen LogP contribution is -2.47. The molecule has 3 fully saturated rings. The monoisotopic (exact) mass is 385 g/mol. The Labute approximate surface area is 161 Å². The zero-order chi connectivity index (χ0) is 18.5. The van der Waals surface area contributed by atoms with Crippen LogP contribution in [-0.2, 0) is 6.54 Å². The van der Waals surface area contributed by atoms with Crippen LogP contribution in [0, 0.1) is 19.8 Å². The molecule has 0 unspecified atom stereocenters. The van der Waals surface area contributed by atoms with Crippen molar-refractivity contribution in [2.75, 3.05) is 19.6 Å². The molecule has 7 nitrogen and oxygen atoms in total. The van der Waals surface area contributed by atoms with Crippen molar-refractivity contribution in [1.82, 2.24) is 24.3 Å². The second kappa shape index (κ2) is 6.45. The smallest absolute Gasteiger partial charge is 0.274 e. The number of carbonyl (C=O) groups is 1. The molecule has 0 N–H and O–H groups in total. The number of imidazole rings is 1. The molecule has 0 aromatic carbocycles. The summed E-state index contributed by atoms with van der Waals surface area (Å²) in [7, 11) is 0. The first-order valence-electron chi connectivity index (χ1n) is 9.45. The van der Waals surface area contributed by atoms with E-state index in [0.717, 1.165) is 49.0 Å². The minimum Gasteiger partial charge on any atom is -0.361 e. The Balaban J connectivity index is 1.36. The fourth-order valence-corrected chi connectivity index (χ4v) is 5.19. The number of amides is 1. The van der Waals surface area contributed by atoms with Gasteiger partial charge in [0.05, 0.1) is 5.69 Å². The molecule has 1 amide bonds. The molecular weight excluding hydrogens is 362 g/mol. The van der Waals surface area contributed by atoms with Crippen LogP contribution < -0.4 is 0 Å². The summed E-state index contributed by atoms with van der Waals surface area (Å²) >= 11 is 1.55. The molecule has 6 heterocycles. The summed E-state index contributed by atoms with van der Waals surface area (Å²) < 4.78 is 7.25. The lowest BCUT2D eigenvalue weighted by molar-refractivity contribution is 0.0579. The van der Waals surface area contributed by atoms with Gasteiger partial charge in [-0.2, -0.15) is 0 Å². The van der Waals surface area contributed by atoms with Crippen LogP contribution in [0.5, 0.6) is 0 Å². The van der Waals surface area contributed by atoms with Gasteiger partial charge >= 0.3 is 0 Å². The molecule has 6 rings (SSSR count). The van der Waals surface area contributed by atoms with E-state index < -0.39 is 0 Å². The quantitative estimate of drug-likeness (QED) is 0.694. The fraction of sp³-hybridized carbons (Fsp3) is 0.526. The molecule has 3 aliphatic rings. The second-order valence-electron chi connectivity index (χ2n) is 7.77. The van der Waals surface area contributed by atoms with E-state index in [-0.39, 0.29) is 11.9 Å². The van der Waals surface area contributed by atoms with Gasteiger partial charge in [-0.1, -0.05) is 5.16 Å². The van der Waals surface area contributed by atoms with Crippen molar-refractivity contribution in [3.8, 4) is 0 Å². The van der Waals surface area contributed by atoms with Gasteiger partial charge in [-0.25, -0.2) is 4.98 Å². The minimum atomic E-state index is 0.0692. The van der Waals surface area contributed by atoms with Gasteiger partial charge in [0.15, 0.2) is 4.96 Å². The highest BCUT2D eigenvalue weighted by Crippen LogP contribution is 2.30. The van der Waals surface area contributed by atoms with Gasteiger partial charge < -0.3 is 9.42 Å². The van der Waals surface area contributed by atoms with Crippen LogP contribution in [0.2, 0.25) is 0 Å². The van der Waals surface area contributed by atoms with Gasteiger partial charge in [0.2, 0.25) is 0 Å². The van der Waals surface area contributed by atoms with Crippen LogP contribution in [-0.4, -0.2) is 55.9 Å². The van der Waals surface area contributed by atoms with E-state index in [2.05, 4.69) is 19.9 Å². The summed E-state index contributed by atoms with van der Waals surface area (Å²) in [5.41, 5.74) is 2.71. The Hall–Kier alpha value is -2.19. The average Bonchev–Trinajstić information content (AvgIpc) is 3.25. The third-order valence-electron chi connectivity index (χ3n) is 5.93. The van der Waals surface area contributed by atoms with E-state index in [1.54, 1.807) is 11.3 Å². The zero-order valence-electron chi connectivity index (χ0n) is 15.6. The minimum absolute atomic E-state index is 0.0692. The van der Waals surface area contributed by atoms with E-state index >= 15 is 0 Å². The summed E-state index contributed by atoms with van der Waals surface area (Å²) in [5.74, 6) is 1.48. The number of aromatic nitrogens is 3. The van der Waals surface area contributed by atoms with E-state index in [1.807, 2.05) is 36.0 Å². The van der Waals surface area contributed by atoms with Crippen LogP contribution >= 0.6 is 11.3 Å². The standard InChI is InChI=1S/C19H23N5O2S/c1-12-16(13(2)26-21-12)10-22-7-14-3-4-15(9-22)24(8-14)18(25)17-11-23-5-6-27-19(23)20-17/h5-6,11,14-15H,3-4,7-10H2,1-2H3/t14-,15+/m0/s1. The lowest BCUT2D eigenvalue weighted by Gasteiger charge is -2.35. The van der Waals surface area contributed by atoms with E-state index in [0.29, 0.717) is 11.6 Å². The Kier molecular flexibility index (Phi) is 4.05. The van der Waals surface area contributed by atoms with Gasteiger partial charge in [0.1, 0.15) is 11.5 Å². The van der Waals surface area contributed by atoms with E-state index in [9.17, 15) is 4.79 Å². The SMILES string of the molecule is Cc1noc(C)c1CN1C[C@@H]2CC[C@H](C1)N(C(=O)c1cn3ccsc3n1)C2. The molecule has 2 atom stereocenters. The first-order chi connectivity index (χ1) is 13.1. The number of hydrogen-bond acceptors (Lipinski definition) is 6. The second-order valence-corrected chi connectivity index (χ2v) is 8.64. The van der Waals surface area contributed by atoms with Crippen molar-refractivity contribution in [3.63, 3.8) is 0 Å². The lowest BCUT2D eigenvalue weighted by atomic mass is 9.95. The van der Waals surface area contributed by atoms with Crippen LogP contribution in [0.25, 0.3) is 4.96 Å². The molecule has 3 saturated heterocycles. The maximum absolute atomic E-state index is 13.2. The molecule has 2 bridgehead atoms. The Morgan fingerprint density at radius 3 is 2.96 bits per heavy atom. The number of piperidine rings is 1. The Bertz CT molecular complexity index is 941. The predicted octanol–water partition coefficient (Wildman–Crippen LogP) is 2.74. The normalized spacial score (nSPS) is 23.3. The van der Waals surface area contributed by atoms with Gasteiger partial charge in [-0.3, -0.25) is 14.1 Å². The van der Waals surface area contributed by atoms with Crippen LogP contribution in [0.3, 0.4) is 0 Å². The summed E-state index contributed by atoms with van der Waals surface area (Å²) in [6, 6.07) is 0.247. The van der Waals surface area contributed by atoms with Crippen molar-refractivity contribution in [1.29, 1.82) is 0 Å². The first-order valence-corrected chi connectivity index (χ1v) is 10.3. The largest absolute Gasteiger partial charge is 0.361 e. The maximum Gasteiger partial charge on any atom is 0.274 e. The molecule has 0 saturated carbocycles. The predicted molar refractivity (Wildman–Crippen MR) is 102 cm³/mol. The number of nitrogens with zero attached hydrogens (tertiary/aromatic N) is 5. The van der Waals surface area contributed by atoms with Crippen LogP contribution in [0.15, 0.2) is 22.3 Å². The summed E-state index contributed by atoms with van der Waals surface area (Å²) in [4.78, 5) is 23.1. The number of hydrogen-bond donors (Lipinski definition) is 0. The maximum atomic E-state index is 13.2. The summed E-state index contributed by atoms with van der Waals surface area (Å²) in [6.07, 6.45) is 6.06. The zero-order valence-corrected chi connectivity index (χ0v) is 16.4. The van der Waals surface area contributed by atoms with Gasteiger partial charge in [0.25, 0.3) is 5.91 Å². The molecule has 142 valence electrons. The Morgan fingerprint density at radius 2 is 2.19 bits per heavy atom. The van der Waals surface area contributed by atoms with Gasteiger partial charge in [0, 0.05) is 55.6 Å². The molecule has 0 aliphatic carbocycles. The highest BCUT2D eigenvalue weighted by molar-refractivity contribution is 7.15. The fourth-order valence-electron chi connectivity index (χ4n) is 4.49. The van der Waals surface area contributed by atoms with Crippen LogP contribution in [0.4, 0.5) is 0 Å². The third-order valence-corrected chi connectivity index (χ3v) is 6.70. The highest BCUT2D eigenvalue weighted by atomic mass is 32.1. The summed E-state index contributed by atoms with van der Waals surface area (Å²) in [6.45, 7) is 7.56. The van der Waals surface area contributed by atoms with Crippen LogP contribution in [0.1, 0.15) is 40.3 Å². The first kappa shape index (κ1) is 16.9. The summed E-state index contributed by atoms with van der Waals surface area (Å²) in [5, 5.41) is 6.06. The van der Waals surface area contributed by atoms with Gasteiger partial charge in [-0.15, -0.1) is 11.3 Å². The molecule has 0 radical (unpaired) electrons. The molecular formula is C19H23N5O2S. The molecule has 3 aromatic rings. The molecule has 0 spiro atoms. The Morgan fingerprint density at radius 1 is 1.30 bits per heavy atom. The number of fused-ring (bicyclic) bond motifs is 5. The average molecular weight is 385 g/mol. The van der Waals surface area contributed by atoms with Crippen molar-refractivity contribution >= 4 is 22.2 Å². The molecule has 3 aromatic heterocycles. The van der Waals surface area contributed by atoms with E-state index in [4.69, 9.17) is 4.52 Å². The third kappa shape index (κ3) is 2.96. The number of thiazole rings is 1. The van der Waals surface area contributed by atoms with E-state index in [1.165, 1.54) is 12.0 Å². The van der Waals surface area contributed by atoms with Crippen molar-refractivity contribution in [2.45, 2.75) is 39.3 Å². The molecule has 8 heteroatoms. The van der Waals surface area contributed by atoms with Crippen molar-refractivity contribution < 1.29 is 9.32 Å². The molecule has 27 heavy (non-hydrogen) atoms. The number of aryl methyl sites for hydroxylation is 2.